The number of rotatable bonds is 6. The van der Waals surface area contributed by atoms with Crippen molar-refractivity contribution in [1.82, 2.24) is 0 Å². The highest BCUT2D eigenvalue weighted by Crippen LogP contribution is 2.32. The Morgan fingerprint density at radius 2 is 2.18 bits per heavy atom. The van der Waals surface area contributed by atoms with Gasteiger partial charge in [0.15, 0.2) is 0 Å². The predicted molar refractivity (Wildman–Crippen MR) is 60.0 cm³/mol. The first-order chi connectivity index (χ1) is 8.10. The van der Waals surface area contributed by atoms with Gasteiger partial charge in [-0.1, -0.05) is 0 Å². The minimum absolute atomic E-state index is 0.0731. The minimum atomic E-state index is -0.936. The van der Waals surface area contributed by atoms with E-state index in [9.17, 15) is 14.5 Å². The molecule has 0 saturated heterocycles. The van der Waals surface area contributed by atoms with Crippen LogP contribution >= 0.6 is 0 Å². The lowest BCUT2D eigenvalue weighted by molar-refractivity contribution is -0.386. The van der Waals surface area contributed by atoms with E-state index in [1.54, 1.807) is 0 Å². The number of ether oxygens (including phenoxy) is 2. The van der Waals surface area contributed by atoms with Crippen LogP contribution in [0.15, 0.2) is 12.1 Å². The van der Waals surface area contributed by atoms with Crippen LogP contribution in [0.2, 0.25) is 0 Å². The number of nitrogens with one attached hydrogen (secondary N) is 1. The van der Waals surface area contributed by atoms with Crippen molar-refractivity contribution < 1.29 is 18.8 Å². The van der Waals surface area contributed by atoms with E-state index in [-0.39, 0.29) is 11.4 Å². The van der Waals surface area contributed by atoms with Crippen LogP contribution < -0.4 is 10.1 Å². The number of hydrogen-bond acceptors (Lipinski definition) is 5. The summed E-state index contributed by atoms with van der Waals surface area (Å²) in [4.78, 5) is 9.95. The average Bonchev–Trinajstić information content (AvgIpc) is 2.28. The second-order valence-electron chi connectivity index (χ2n) is 3.18. The Balaban J connectivity index is 3.04. The van der Waals surface area contributed by atoms with E-state index in [4.69, 9.17) is 9.47 Å². The third-order valence-corrected chi connectivity index (χ3v) is 2.08. The zero-order valence-corrected chi connectivity index (χ0v) is 9.53. The summed E-state index contributed by atoms with van der Waals surface area (Å²) in [6.45, 7) is 0.694. The molecule has 17 heavy (non-hydrogen) atoms. The van der Waals surface area contributed by atoms with Gasteiger partial charge < -0.3 is 14.8 Å². The monoisotopic (exact) mass is 244 g/mol. The standard InChI is InChI=1S/C10H13FN2O4/c1-16-4-3-12-9-6-7(17-2)5-8(11)10(9)13(14)15/h5-6,12H,3-4H2,1-2H3. The molecular formula is C10H13FN2O4. The van der Waals surface area contributed by atoms with Crippen molar-refractivity contribution in [2.45, 2.75) is 0 Å². The lowest BCUT2D eigenvalue weighted by Gasteiger charge is -2.09. The Morgan fingerprint density at radius 1 is 1.47 bits per heavy atom. The van der Waals surface area contributed by atoms with Gasteiger partial charge >= 0.3 is 5.69 Å². The molecule has 6 nitrogen and oxygen atoms in total. The molecular weight excluding hydrogens is 231 g/mol. The Kier molecular flexibility index (Phi) is 4.65. The van der Waals surface area contributed by atoms with Crippen molar-refractivity contribution in [2.75, 3.05) is 32.7 Å². The van der Waals surface area contributed by atoms with E-state index in [1.807, 2.05) is 0 Å². The maximum atomic E-state index is 13.5. The number of hydrogen-bond donors (Lipinski definition) is 1. The van der Waals surface area contributed by atoms with Crippen LogP contribution in [-0.4, -0.2) is 32.3 Å². The number of methoxy groups -OCH3 is 2. The summed E-state index contributed by atoms with van der Waals surface area (Å²) in [6, 6.07) is 2.34. The Morgan fingerprint density at radius 3 is 2.71 bits per heavy atom. The van der Waals surface area contributed by atoms with Gasteiger partial charge in [0.1, 0.15) is 11.4 Å². The topological polar surface area (TPSA) is 73.6 Å². The third-order valence-electron chi connectivity index (χ3n) is 2.08. The fourth-order valence-electron chi connectivity index (χ4n) is 1.30. The number of nitro groups is 1. The smallest absolute Gasteiger partial charge is 0.327 e. The molecule has 0 amide bonds. The van der Waals surface area contributed by atoms with Crippen molar-refractivity contribution in [3.05, 3.63) is 28.1 Å². The van der Waals surface area contributed by atoms with Gasteiger partial charge in [-0.2, -0.15) is 4.39 Å². The van der Waals surface area contributed by atoms with E-state index in [0.29, 0.717) is 13.2 Å². The molecule has 7 heteroatoms. The van der Waals surface area contributed by atoms with Gasteiger partial charge in [-0.3, -0.25) is 10.1 Å². The maximum Gasteiger partial charge on any atom is 0.327 e. The first-order valence-electron chi connectivity index (χ1n) is 4.85. The van der Waals surface area contributed by atoms with Gasteiger partial charge in [0.2, 0.25) is 5.82 Å². The van der Waals surface area contributed by atoms with Crippen LogP contribution in [0.3, 0.4) is 0 Å². The quantitative estimate of drug-likeness (QED) is 0.469. The lowest BCUT2D eigenvalue weighted by atomic mass is 10.2. The Labute approximate surface area is 97.5 Å². The van der Waals surface area contributed by atoms with Crippen LogP contribution in [0.1, 0.15) is 0 Å². The van der Waals surface area contributed by atoms with Gasteiger partial charge in [-0.05, 0) is 0 Å². The molecule has 0 aliphatic carbocycles. The number of nitro benzene ring substituents is 1. The minimum Gasteiger partial charge on any atom is -0.497 e. The van der Waals surface area contributed by atoms with Crippen LogP contribution in [0.4, 0.5) is 15.8 Å². The van der Waals surface area contributed by atoms with Crippen LogP contribution in [0.5, 0.6) is 5.75 Å². The highest BCUT2D eigenvalue weighted by atomic mass is 19.1. The molecule has 0 aliphatic rings. The van der Waals surface area contributed by atoms with Crippen LogP contribution in [0.25, 0.3) is 0 Å². The summed E-state index contributed by atoms with van der Waals surface area (Å²) in [5.41, 5.74) is -0.522. The summed E-state index contributed by atoms with van der Waals surface area (Å²) in [7, 11) is 2.86. The predicted octanol–water partition coefficient (Wildman–Crippen LogP) is 1.80. The highest BCUT2D eigenvalue weighted by Gasteiger charge is 2.21. The van der Waals surface area contributed by atoms with Gasteiger partial charge in [0.05, 0.1) is 18.6 Å². The third kappa shape index (κ3) is 3.28. The summed E-state index contributed by atoms with van der Waals surface area (Å²) in [6.07, 6.45) is 0. The van der Waals surface area contributed by atoms with Crippen molar-refractivity contribution in [3.8, 4) is 5.75 Å². The largest absolute Gasteiger partial charge is 0.497 e. The molecule has 0 fully saturated rings. The molecule has 0 atom stereocenters. The van der Waals surface area contributed by atoms with Crippen molar-refractivity contribution in [3.63, 3.8) is 0 Å². The summed E-state index contributed by atoms with van der Waals surface area (Å²) >= 11 is 0. The second-order valence-corrected chi connectivity index (χ2v) is 3.18. The molecule has 1 aromatic rings. The summed E-state index contributed by atoms with van der Waals surface area (Å²) in [5, 5.41) is 13.5. The molecule has 0 aliphatic heterocycles. The first-order valence-corrected chi connectivity index (χ1v) is 4.85. The molecule has 0 bridgehead atoms. The van der Waals surface area contributed by atoms with Crippen molar-refractivity contribution in [2.24, 2.45) is 0 Å². The zero-order valence-electron chi connectivity index (χ0n) is 9.53. The fourth-order valence-corrected chi connectivity index (χ4v) is 1.30. The maximum absolute atomic E-state index is 13.5. The van der Waals surface area contributed by atoms with E-state index in [2.05, 4.69) is 5.32 Å². The van der Waals surface area contributed by atoms with Crippen molar-refractivity contribution in [1.29, 1.82) is 0 Å². The molecule has 0 radical (unpaired) electrons. The SMILES string of the molecule is COCCNc1cc(OC)cc(F)c1[N+](=O)[O-]. The van der Waals surface area contributed by atoms with Crippen LogP contribution in [0, 0.1) is 15.9 Å². The Hall–Kier alpha value is -1.89. The normalized spacial score (nSPS) is 10.1. The van der Waals surface area contributed by atoms with Gasteiger partial charge in [0.25, 0.3) is 0 Å². The Bertz CT molecular complexity index is 412. The molecule has 1 aromatic carbocycles. The van der Waals surface area contributed by atoms with Gasteiger partial charge in [-0.15, -0.1) is 0 Å². The molecule has 1 N–H and O–H groups in total. The van der Waals surface area contributed by atoms with Gasteiger partial charge in [0, 0.05) is 25.8 Å². The molecule has 94 valence electrons. The number of halogens is 1. The molecule has 0 saturated carbocycles. The van der Waals surface area contributed by atoms with E-state index in [1.165, 1.54) is 20.3 Å². The fraction of sp³-hybridized carbons (Fsp3) is 0.400. The van der Waals surface area contributed by atoms with Crippen LogP contribution in [-0.2, 0) is 4.74 Å². The molecule has 0 spiro atoms. The van der Waals surface area contributed by atoms with Crippen molar-refractivity contribution >= 4 is 11.4 Å². The first kappa shape index (κ1) is 13.2. The number of benzene rings is 1. The lowest BCUT2D eigenvalue weighted by Crippen LogP contribution is -2.10. The summed E-state index contributed by atoms with van der Waals surface area (Å²) in [5.74, 6) is -0.720. The average molecular weight is 244 g/mol. The molecule has 1 rings (SSSR count). The number of nitrogens with zero attached hydrogens (tertiary/aromatic N) is 1. The van der Waals surface area contributed by atoms with E-state index in [0.717, 1.165) is 6.07 Å². The molecule has 0 aromatic heterocycles. The zero-order chi connectivity index (χ0) is 12.8. The highest BCUT2D eigenvalue weighted by molar-refractivity contribution is 5.65. The van der Waals surface area contributed by atoms with E-state index < -0.39 is 16.4 Å². The number of anilines is 1. The molecule has 0 heterocycles. The van der Waals surface area contributed by atoms with Gasteiger partial charge in [-0.25, -0.2) is 0 Å². The molecule has 0 unspecified atom stereocenters. The summed E-state index contributed by atoms with van der Waals surface area (Å²) < 4.78 is 23.1. The second kappa shape index (κ2) is 6.00. The van der Waals surface area contributed by atoms with E-state index >= 15 is 0 Å².